The van der Waals surface area contributed by atoms with Crippen molar-refractivity contribution in [3.05, 3.63) is 87.5 Å². The normalized spacial score (nSPS) is 16.0. The van der Waals surface area contributed by atoms with Gasteiger partial charge in [-0.15, -0.1) is 11.3 Å². The Bertz CT molecular complexity index is 1700. The molecule has 184 valence electrons. The Kier molecular flexibility index (Phi) is 5.49. The number of hydrogen-bond donors (Lipinski definition) is 1. The molecule has 3 aromatic carbocycles. The summed E-state index contributed by atoms with van der Waals surface area (Å²) in [7, 11) is 1.75. The zero-order valence-electron chi connectivity index (χ0n) is 20.5. The molecule has 0 fully saturated rings. The molecule has 2 aliphatic rings. The lowest BCUT2D eigenvalue weighted by atomic mass is 10.1. The van der Waals surface area contributed by atoms with E-state index in [4.69, 9.17) is 14.8 Å². The average Bonchev–Trinajstić information content (AvgIpc) is 3.39. The number of rotatable bonds is 3. The van der Waals surface area contributed by atoms with Crippen LogP contribution in [0.5, 0.6) is 5.75 Å². The van der Waals surface area contributed by atoms with Crippen LogP contribution in [0.3, 0.4) is 0 Å². The van der Waals surface area contributed by atoms with Gasteiger partial charge in [0.2, 0.25) is 4.80 Å². The van der Waals surface area contributed by atoms with Gasteiger partial charge in [-0.1, -0.05) is 35.9 Å². The van der Waals surface area contributed by atoms with Gasteiger partial charge in [-0.2, -0.15) is 5.10 Å². The number of amides is 2. The molecule has 37 heavy (non-hydrogen) atoms. The van der Waals surface area contributed by atoms with Crippen LogP contribution >= 0.6 is 11.3 Å². The predicted octanol–water partition coefficient (Wildman–Crippen LogP) is 4.63. The van der Waals surface area contributed by atoms with Crippen molar-refractivity contribution >= 4 is 45.9 Å². The number of aromatic nitrogens is 1. The Morgan fingerprint density at radius 2 is 1.86 bits per heavy atom. The van der Waals surface area contributed by atoms with Gasteiger partial charge in [0.25, 0.3) is 11.8 Å². The molecular weight excluding hydrogens is 486 g/mol. The van der Waals surface area contributed by atoms with E-state index < -0.39 is 0 Å². The number of benzene rings is 3. The molecule has 0 radical (unpaired) electrons. The lowest BCUT2D eigenvalue weighted by Crippen LogP contribution is -2.27. The number of carbonyl (C=O) groups excluding carboxylic acids is 2. The minimum Gasteiger partial charge on any atom is -0.482 e. The topological polar surface area (TPSA) is 88.3 Å². The molecule has 9 heteroatoms. The van der Waals surface area contributed by atoms with Crippen molar-refractivity contribution < 1.29 is 14.3 Å². The van der Waals surface area contributed by atoms with Crippen molar-refractivity contribution in [2.24, 2.45) is 10.1 Å². The molecule has 4 aromatic rings. The molecule has 8 nitrogen and oxygen atoms in total. The number of likely N-dealkylation sites (N-methyl/N-ethyl adjacent to an activating group) is 1. The van der Waals surface area contributed by atoms with Gasteiger partial charge in [-0.3, -0.25) is 9.59 Å². The second-order valence-electron chi connectivity index (χ2n) is 8.99. The van der Waals surface area contributed by atoms with E-state index in [1.165, 1.54) is 11.3 Å². The van der Waals surface area contributed by atoms with E-state index in [1.807, 2.05) is 73.8 Å². The molecule has 0 unspecified atom stereocenters. The largest absolute Gasteiger partial charge is 0.482 e. The Morgan fingerprint density at radius 3 is 2.70 bits per heavy atom. The van der Waals surface area contributed by atoms with Crippen molar-refractivity contribution in [1.29, 1.82) is 0 Å². The zero-order chi connectivity index (χ0) is 25.7. The van der Waals surface area contributed by atoms with Crippen LogP contribution in [0.15, 0.2) is 76.1 Å². The van der Waals surface area contributed by atoms with E-state index in [2.05, 4.69) is 11.4 Å². The summed E-state index contributed by atoms with van der Waals surface area (Å²) in [6.45, 7) is 4.06. The maximum atomic E-state index is 13.2. The van der Waals surface area contributed by atoms with Gasteiger partial charge in [-0.25, -0.2) is 9.67 Å². The number of aryl methyl sites for hydroxylation is 2. The highest BCUT2D eigenvalue weighted by atomic mass is 32.1. The van der Waals surface area contributed by atoms with Gasteiger partial charge in [-0.05, 0) is 49.7 Å². The molecule has 0 atom stereocenters. The van der Waals surface area contributed by atoms with Crippen LogP contribution in [-0.2, 0) is 9.59 Å². The van der Waals surface area contributed by atoms with Crippen LogP contribution in [-0.4, -0.2) is 35.9 Å². The highest BCUT2D eigenvalue weighted by molar-refractivity contribution is 7.07. The number of carbonyl (C=O) groups is 2. The number of ether oxygens (including phenoxy) is 1. The van der Waals surface area contributed by atoms with E-state index in [1.54, 1.807) is 16.6 Å². The molecule has 1 N–H and O–H groups in total. The molecule has 2 aliphatic heterocycles. The summed E-state index contributed by atoms with van der Waals surface area (Å²) >= 11 is 1.43. The van der Waals surface area contributed by atoms with Gasteiger partial charge in [0.05, 0.1) is 22.8 Å². The third-order valence-electron chi connectivity index (χ3n) is 6.39. The molecule has 1 aromatic heterocycles. The fourth-order valence-corrected chi connectivity index (χ4v) is 5.34. The molecule has 0 bridgehead atoms. The minimum absolute atomic E-state index is 0.00752. The van der Waals surface area contributed by atoms with Gasteiger partial charge < -0.3 is 15.0 Å². The predicted molar refractivity (Wildman–Crippen MR) is 145 cm³/mol. The molecule has 0 spiro atoms. The van der Waals surface area contributed by atoms with Gasteiger partial charge in [0, 0.05) is 23.6 Å². The van der Waals surface area contributed by atoms with Crippen LogP contribution in [0.4, 0.5) is 17.1 Å². The number of hydrogen-bond acceptors (Lipinski definition) is 6. The summed E-state index contributed by atoms with van der Waals surface area (Å²) in [4.78, 5) is 32.3. The Labute approximate surface area is 217 Å². The zero-order valence-corrected chi connectivity index (χ0v) is 21.3. The molecule has 6 rings (SSSR count). The van der Waals surface area contributed by atoms with Crippen LogP contribution in [0, 0.1) is 13.8 Å². The fraction of sp³-hybridized carbons (Fsp3) is 0.143. The van der Waals surface area contributed by atoms with E-state index in [0.29, 0.717) is 21.9 Å². The summed E-state index contributed by atoms with van der Waals surface area (Å²) in [5.41, 5.74) is 7.09. The fourth-order valence-electron chi connectivity index (χ4n) is 4.49. The van der Waals surface area contributed by atoms with Crippen molar-refractivity contribution in [2.75, 3.05) is 23.9 Å². The lowest BCUT2D eigenvalue weighted by molar-refractivity contribution is -0.118. The van der Waals surface area contributed by atoms with Crippen molar-refractivity contribution in [1.82, 2.24) is 4.68 Å². The number of nitrogens with zero attached hydrogens (tertiary/aromatic N) is 4. The first-order chi connectivity index (χ1) is 17.9. The highest BCUT2D eigenvalue weighted by Crippen LogP contribution is 2.34. The highest BCUT2D eigenvalue weighted by Gasteiger charge is 2.32. The summed E-state index contributed by atoms with van der Waals surface area (Å²) < 4.78 is 7.23. The van der Waals surface area contributed by atoms with Crippen molar-refractivity contribution in [3.8, 4) is 17.0 Å². The van der Waals surface area contributed by atoms with E-state index >= 15 is 0 Å². The van der Waals surface area contributed by atoms with Gasteiger partial charge in [0.15, 0.2) is 12.3 Å². The third-order valence-corrected chi connectivity index (χ3v) is 7.21. The van der Waals surface area contributed by atoms with Crippen molar-refractivity contribution in [2.45, 2.75) is 13.8 Å². The van der Waals surface area contributed by atoms with Crippen LogP contribution in [0.25, 0.3) is 11.3 Å². The summed E-state index contributed by atoms with van der Waals surface area (Å²) in [5, 5.41) is 9.69. The summed E-state index contributed by atoms with van der Waals surface area (Å²) in [6, 6.07) is 19.3. The standard InChI is InChI=1S/C28H23N5O3S/c1-16-8-10-20(17(2)12-16)30-28-33(31-26-19-6-4-5-7-22(19)32(3)27(26)35)23(15-37-28)18-9-11-24-21(13-18)29-25(34)14-36-24/h4-13,15H,14H2,1-3H3,(H,29,34). The first kappa shape index (κ1) is 22.9. The minimum atomic E-state index is -0.204. The molecule has 3 heterocycles. The molecule has 0 aliphatic carbocycles. The SMILES string of the molecule is Cc1ccc(N=c2scc(-c3ccc4c(c3)NC(=O)CO4)n2N=C2C(=O)N(C)c3ccccc32)c(C)c1. The second-order valence-corrected chi connectivity index (χ2v) is 9.83. The van der Waals surface area contributed by atoms with Crippen LogP contribution in [0.1, 0.15) is 16.7 Å². The van der Waals surface area contributed by atoms with Gasteiger partial charge >= 0.3 is 0 Å². The first-order valence-corrected chi connectivity index (χ1v) is 12.6. The van der Waals surface area contributed by atoms with E-state index in [0.717, 1.165) is 39.3 Å². The number of anilines is 2. The number of para-hydroxylation sites is 1. The molecule has 0 saturated carbocycles. The lowest BCUT2D eigenvalue weighted by Gasteiger charge is -2.18. The van der Waals surface area contributed by atoms with E-state index in [-0.39, 0.29) is 18.4 Å². The Balaban J connectivity index is 1.57. The molecule has 2 amide bonds. The Morgan fingerprint density at radius 1 is 1.03 bits per heavy atom. The molecule has 0 saturated heterocycles. The second kappa shape index (κ2) is 8.86. The third kappa shape index (κ3) is 4.03. The summed E-state index contributed by atoms with van der Waals surface area (Å²) in [6.07, 6.45) is 0. The van der Waals surface area contributed by atoms with Crippen LogP contribution in [0.2, 0.25) is 0 Å². The smallest absolute Gasteiger partial charge is 0.279 e. The van der Waals surface area contributed by atoms with Crippen molar-refractivity contribution in [3.63, 3.8) is 0 Å². The average molecular weight is 510 g/mol. The number of nitrogens with one attached hydrogen (secondary N) is 1. The monoisotopic (exact) mass is 509 g/mol. The maximum Gasteiger partial charge on any atom is 0.279 e. The number of thiazole rings is 1. The molecular formula is C28H23N5O3S. The quantitative estimate of drug-likeness (QED) is 0.437. The van der Waals surface area contributed by atoms with E-state index in [9.17, 15) is 9.59 Å². The summed E-state index contributed by atoms with van der Waals surface area (Å²) in [5.74, 6) is 0.220. The van der Waals surface area contributed by atoms with Gasteiger partial charge in [0.1, 0.15) is 5.75 Å². The Hall–Kier alpha value is -4.50. The first-order valence-electron chi connectivity index (χ1n) is 11.7. The maximum absolute atomic E-state index is 13.2. The number of fused-ring (bicyclic) bond motifs is 2. The van der Waals surface area contributed by atoms with Crippen LogP contribution < -0.4 is 19.8 Å².